The Morgan fingerprint density at radius 1 is 0.773 bits per heavy atom. The van der Waals surface area contributed by atoms with Gasteiger partial charge in [-0.1, -0.05) is 101 Å². The number of fused-ring (bicyclic) bond motifs is 2. The van der Waals surface area contributed by atoms with Gasteiger partial charge in [0.1, 0.15) is 0 Å². The number of hydrogen-bond acceptors (Lipinski definition) is 3. The number of imidazole rings is 1. The predicted molar refractivity (Wildman–Crippen MR) is 179 cm³/mol. The van der Waals surface area contributed by atoms with Gasteiger partial charge in [0.05, 0.1) is 18.2 Å². The van der Waals surface area contributed by atoms with E-state index in [-0.39, 0.29) is 25.7 Å². The van der Waals surface area contributed by atoms with Crippen molar-refractivity contribution < 1.29 is 25.6 Å². The second-order valence-electron chi connectivity index (χ2n) is 9.88. The Kier molecular flexibility index (Phi) is 7.49. The van der Waals surface area contributed by atoms with Gasteiger partial charge in [-0.2, -0.15) is 0 Å². The van der Waals surface area contributed by atoms with E-state index in [0.717, 1.165) is 49.5 Å². The van der Waals surface area contributed by atoms with Crippen molar-refractivity contribution in [3.63, 3.8) is 0 Å². The van der Waals surface area contributed by atoms with Gasteiger partial charge in [0, 0.05) is 36.1 Å². The Balaban J connectivity index is 0.000000201. The van der Waals surface area contributed by atoms with E-state index in [0.29, 0.717) is 6.04 Å². The normalized spacial score (nSPS) is 12.3. The van der Waals surface area contributed by atoms with Crippen molar-refractivity contribution in [1.82, 2.24) is 14.5 Å². The van der Waals surface area contributed by atoms with Crippen molar-refractivity contribution in [2.45, 2.75) is 6.85 Å². The van der Waals surface area contributed by atoms with Gasteiger partial charge in [-0.25, -0.2) is 0 Å². The quantitative estimate of drug-likeness (QED) is 0.167. The van der Waals surface area contributed by atoms with Crippen LogP contribution >= 0.6 is 11.3 Å². The summed E-state index contributed by atoms with van der Waals surface area (Å²) in [6.07, 6.45) is 1.39. The van der Waals surface area contributed by atoms with Crippen molar-refractivity contribution in [2.75, 3.05) is 0 Å². The molecule has 0 bridgehead atoms. The molecule has 215 valence electrons. The van der Waals surface area contributed by atoms with Gasteiger partial charge < -0.3 is 9.55 Å². The van der Waals surface area contributed by atoms with Crippen molar-refractivity contribution >= 4 is 32.5 Å². The van der Waals surface area contributed by atoms with E-state index in [4.69, 9.17) is 10.5 Å². The van der Waals surface area contributed by atoms with Crippen LogP contribution in [0, 0.1) is 18.3 Å². The summed E-state index contributed by atoms with van der Waals surface area (Å²) < 4.78 is 32.9. The molecule has 44 heavy (non-hydrogen) atoms. The predicted octanol–water partition coefficient (Wildman–Crippen LogP) is 10.2. The number of aromatic nitrogens is 3. The first-order valence-electron chi connectivity index (χ1n) is 15.8. The monoisotopic (exact) mass is 766 g/mol. The van der Waals surface area contributed by atoms with Crippen LogP contribution in [0.15, 0.2) is 146 Å². The van der Waals surface area contributed by atoms with E-state index in [9.17, 15) is 0 Å². The number of rotatable bonds is 4. The molecule has 0 spiro atoms. The number of hydrogen-bond donors (Lipinski definition) is 0. The molecule has 0 amide bonds. The molecule has 5 heteroatoms. The molecule has 0 aliphatic rings. The van der Waals surface area contributed by atoms with E-state index in [1.54, 1.807) is 18.2 Å². The van der Waals surface area contributed by atoms with Crippen LogP contribution in [0.25, 0.3) is 60.6 Å². The maximum Gasteiger partial charge on any atom is 0.0774 e. The zero-order valence-electron chi connectivity index (χ0n) is 27.4. The summed E-state index contributed by atoms with van der Waals surface area (Å²) in [5, 5.41) is 4.52. The molecule has 3 aromatic heterocycles. The van der Waals surface area contributed by atoms with Crippen molar-refractivity contribution in [2.24, 2.45) is 0 Å². The zero-order valence-corrected chi connectivity index (χ0v) is 26.6. The fourth-order valence-electron chi connectivity index (χ4n) is 5.03. The first-order chi connectivity index (χ1) is 22.8. The van der Waals surface area contributed by atoms with Crippen LogP contribution in [0.4, 0.5) is 0 Å². The number of pyridine rings is 1. The maximum absolute atomic E-state index is 7.92. The van der Waals surface area contributed by atoms with Crippen LogP contribution in [0.5, 0.6) is 0 Å². The molecule has 3 heterocycles. The van der Waals surface area contributed by atoms with Gasteiger partial charge >= 0.3 is 0 Å². The molecule has 1 radical (unpaired) electrons. The van der Waals surface area contributed by atoms with E-state index in [1.807, 2.05) is 60.7 Å². The third-order valence-corrected chi connectivity index (χ3v) is 7.99. The van der Waals surface area contributed by atoms with Crippen LogP contribution in [0.1, 0.15) is 11.0 Å². The standard InChI is InChI=1S/C27H17N2S.C12H10N.Ir/c1-2-8-19(9-3-1)20-14-16-21(17-15-20)29-25-12-6-5-11-24(25)28-27(29)23-18-30-26-13-7-4-10-22(23)26;1-10-7-8-12(13-9-10)11-5-3-2-4-6-11;/h1-17H;2-5,7-9H,1H3;/q2*-1;/i7D;1D3;. The molecule has 0 aliphatic carbocycles. The third kappa shape index (κ3) is 6.04. The molecule has 0 saturated carbocycles. The van der Waals surface area contributed by atoms with E-state index in [2.05, 4.69) is 75.6 Å². The Bertz CT molecular complexity index is 2280. The van der Waals surface area contributed by atoms with E-state index < -0.39 is 6.85 Å². The second-order valence-corrected chi connectivity index (χ2v) is 10.7. The molecule has 0 saturated heterocycles. The maximum atomic E-state index is 7.92. The minimum Gasteiger partial charge on any atom is -0.333 e. The van der Waals surface area contributed by atoms with Crippen LogP contribution in [0.2, 0.25) is 0 Å². The summed E-state index contributed by atoms with van der Waals surface area (Å²) in [4.78, 5) is 9.10. The van der Waals surface area contributed by atoms with Crippen molar-refractivity contribution in [3.8, 4) is 39.5 Å². The fourth-order valence-corrected chi connectivity index (χ4v) is 5.85. The average Bonchev–Trinajstić information content (AvgIpc) is 3.70. The molecule has 0 aliphatic heterocycles. The molecule has 0 unspecified atom stereocenters. The average molecular weight is 766 g/mol. The van der Waals surface area contributed by atoms with Gasteiger partial charge in [-0.3, -0.25) is 16.3 Å². The van der Waals surface area contributed by atoms with Crippen LogP contribution < -0.4 is 0 Å². The third-order valence-electron chi connectivity index (χ3n) is 7.12. The first kappa shape index (κ1) is 24.7. The van der Waals surface area contributed by atoms with Crippen LogP contribution in [-0.4, -0.2) is 14.5 Å². The van der Waals surface area contributed by atoms with Gasteiger partial charge in [0.15, 0.2) is 0 Å². The summed E-state index contributed by atoms with van der Waals surface area (Å²) in [7, 11) is 0. The SMILES string of the molecule is [2H]C([2H])([2H])c1ccc(-c2[c-]cccc2)nc1.[2H]c1ccc2c(-c3nc4ccccc4n3-c3ccc(-c4ccccc4)cc3)[c-]sc2c1.[Ir]. The topological polar surface area (TPSA) is 30.7 Å². The van der Waals surface area contributed by atoms with Gasteiger partial charge in [-0.15, -0.1) is 47.3 Å². The van der Waals surface area contributed by atoms with Gasteiger partial charge in [-0.05, 0) is 53.5 Å². The van der Waals surface area contributed by atoms with Gasteiger partial charge in [0.2, 0.25) is 0 Å². The summed E-state index contributed by atoms with van der Waals surface area (Å²) in [6.45, 7) is -2.09. The number of nitrogens with zero attached hydrogens (tertiary/aromatic N) is 3. The minimum absolute atomic E-state index is 0. The summed E-state index contributed by atoms with van der Waals surface area (Å²) >= 11 is 1.54. The molecule has 0 N–H and O–H groups in total. The zero-order chi connectivity index (χ0) is 32.4. The molecule has 3 nitrogen and oxygen atoms in total. The second kappa shape index (κ2) is 13.3. The summed E-state index contributed by atoms with van der Waals surface area (Å²) in [6, 6.07) is 47.2. The molecular weight excluding hydrogens is 735 g/mol. The molecule has 0 fully saturated rings. The Morgan fingerprint density at radius 3 is 2.34 bits per heavy atom. The molecule has 0 atom stereocenters. The molecular formula is C39H27IrN3S-2. The van der Waals surface area contributed by atoms with Crippen LogP contribution in [0.3, 0.4) is 0 Å². The number of para-hydroxylation sites is 2. The largest absolute Gasteiger partial charge is 0.333 e. The molecule has 8 aromatic rings. The molecule has 8 rings (SSSR count). The Labute approximate surface area is 280 Å². The van der Waals surface area contributed by atoms with Crippen molar-refractivity contribution in [1.29, 1.82) is 0 Å². The van der Waals surface area contributed by atoms with E-state index >= 15 is 0 Å². The van der Waals surface area contributed by atoms with Gasteiger partial charge in [0.25, 0.3) is 0 Å². The summed E-state index contributed by atoms with van der Waals surface area (Å²) in [5.41, 5.74) is 8.29. The van der Waals surface area contributed by atoms with Crippen LogP contribution in [-0.2, 0) is 20.1 Å². The fraction of sp³-hybridized carbons (Fsp3) is 0.0256. The number of thiophene rings is 1. The summed E-state index contributed by atoms with van der Waals surface area (Å²) in [5.74, 6) is 0.873. The van der Waals surface area contributed by atoms with Crippen molar-refractivity contribution in [3.05, 3.63) is 163 Å². The Hall–Kier alpha value is -4.67. The number of benzene rings is 5. The van der Waals surface area contributed by atoms with E-state index in [1.165, 1.54) is 28.7 Å². The first-order valence-corrected chi connectivity index (χ1v) is 14.6. The Morgan fingerprint density at radius 2 is 1.57 bits per heavy atom. The minimum atomic E-state index is -2.09. The smallest absolute Gasteiger partial charge is 0.0774 e. The molecule has 5 aromatic carbocycles. The number of aryl methyl sites for hydroxylation is 1.